The average Bonchev–Trinajstić information content (AvgIpc) is 3.20. The molecule has 36 heavy (non-hydrogen) atoms. The number of ether oxygens (including phenoxy) is 1. The largest absolute Gasteiger partial charge is 0.508 e. The monoisotopic (exact) mass is 497 g/mol. The summed E-state index contributed by atoms with van der Waals surface area (Å²) >= 11 is 1.62. The van der Waals surface area contributed by atoms with Crippen LogP contribution in [0, 0.1) is 10.8 Å². The van der Waals surface area contributed by atoms with Crippen LogP contribution in [-0.2, 0) is 0 Å². The van der Waals surface area contributed by atoms with Gasteiger partial charge in [0.25, 0.3) is 0 Å². The molecule has 1 aromatic heterocycles. The Morgan fingerprint density at radius 2 is 1.81 bits per heavy atom. The van der Waals surface area contributed by atoms with E-state index in [1.165, 1.54) is 5.56 Å². The van der Waals surface area contributed by atoms with E-state index in [9.17, 15) is 5.11 Å². The minimum absolute atomic E-state index is 0.190. The summed E-state index contributed by atoms with van der Waals surface area (Å²) in [7, 11) is 0. The summed E-state index contributed by atoms with van der Waals surface area (Å²) in [6.45, 7) is 6.38. The summed E-state index contributed by atoms with van der Waals surface area (Å²) < 4.78 is 7.44. The van der Waals surface area contributed by atoms with E-state index in [0.29, 0.717) is 23.9 Å². The van der Waals surface area contributed by atoms with E-state index in [1.807, 2.05) is 49.4 Å². The highest BCUT2D eigenvalue weighted by atomic mass is 32.1. The molecule has 4 rings (SSSR count). The second kappa shape index (κ2) is 11.2. The molecule has 6 heteroatoms. The fourth-order valence-corrected chi connectivity index (χ4v) is 5.22. The third-order valence-electron chi connectivity index (χ3n) is 5.78. The Bertz CT molecular complexity index is 1420. The molecule has 0 fully saturated rings. The van der Waals surface area contributed by atoms with Gasteiger partial charge in [-0.3, -0.25) is 10.8 Å². The number of phenolic OH excluding ortho intramolecular Hbond substituents is 1. The Balaban J connectivity index is 1.62. The molecule has 0 aliphatic rings. The number of phenols is 1. The lowest BCUT2D eigenvalue weighted by Gasteiger charge is -2.14. The van der Waals surface area contributed by atoms with Crippen molar-refractivity contribution in [1.82, 2.24) is 5.32 Å². The van der Waals surface area contributed by atoms with Crippen LogP contribution < -0.4 is 10.1 Å². The van der Waals surface area contributed by atoms with Crippen molar-refractivity contribution in [1.29, 1.82) is 10.8 Å². The molecular weight excluding hydrogens is 466 g/mol. The highest BCUT2D eigenvalue weighted by molar-refractivity contribution is 7.22. The third-order valence-corrected chi connectivity index (χ3v) is 6.95. The van der Waals surface area contributed by atoms with Gasteiger partial charge in [0.2, 0.25) is 0 Å². The van der Waals surface area contributed by atoms with Gasteiger partial charge in [0.15, 0.2) is 5.75 Å². The number of amidine groups is 2. The van der Waals surface area contributed by atoms with Crippen LogP contribution in [0.3, 0.4) is 0 Å². The van der Waals surface area contributed by atoms with Crippen molar-refractivity contribution in [2.24, 2.45) is 0 Å². The molecule has 0 saturated carbocycles. The normalized spacial score (nSPS) is 11.3. The maximum absolute atomic E-state index is 10.1. The van der Waals surface area contributed by atoms with Crippen LogP contribution in [0.5, 0.6) is 17.2 Å². The molecule has 0 radical (unpaired) electrons. The van der Waals surface area contributed by atoms with Gasteiger partial charge in [-0.05, 0) is 65.4 Å². The van der Waals surface area contributed by atoms with E-state index in [2.05, 4.69) is 37.4 Å². The third kappa shape index (κ3) is 5.83. The predicted molar refractivity (Wildman–Crippen MR) is 152 cm³/mol. The van der Waals surface area contributed by atoms with Crippen molar-refractivity contribution >= 4 is 39.2 Å². The highest BCUT2D eigenvalue weighted by Gasteiger charge is 2.20. The maximum Gasteiger partial charge on any atom is 0.153 e. The molecule has 4 aromatic rings. The molecule has 0 spiro atoms. The van der Waals surface area contributed by atoms with E-state index >= 15 is 0 Å². The first-order valence-corrected chi connectivity index (χ1v) is 12.9. The van der Waals surface area contributed by atoms with Crippen molar-refractivity contribution in [3.05, 3.63) is 83.9 Å². The molecule has 0 bridgehead atoms. The molecule has 0 aliphatic carbocycles. The van der Waals surface area contributed by atoms with E-state index in [-0.39, 0.29) is 11.6 Å². The number of benzene rings is 3. The Labute approximate surface area is 216 Å². The molecule has 5 nitrogen and oxygen atoms in total. The first-order valence-electron chi connectivity index (χ1n) is 12.1. The summed E-state index contributed by atoms with van der Waals surface area (Å²) in [5.74, 6) is 2.63. The van der Waals surface area contributed by atoms with Gasteiger partial charge in [0.1, 0.15) is 17.3 Å². The summed E-state index contributed by atoms with van der Waals surface area (Å²) in [5, 5.41) is 29.6. The minimum Gasteiger partial charge on any atom is -0.508 e. The number of hydrogen-bond acceptors (Lipinski definition) is 5. The summed E-state index contributed by atoms with van der Waals surface area (Å²) in [4.78, 5) is 1.04. The summed E-state index contributed by atoms with van der Waals surface area (Å²) in [6.07, 6.45) is 4.99. The minimum atomic E-state index is 0.190. The van der Waals surface area contributed by atoms with Crippen LogP contribution in [0.25, 0.3) is 26.6 Å². The molecule has 184 valence electrons. The second-order valence-corrected chi connectivity index (χ2v) is 10.0. The van der Waals surface area contributed by atoms with Gasteiger partial charge in [0, 0.05) is 16.5 Å². The number of fused-ring (bicyclic) bond motifs is 1. The molecule has 0 amide bonds. The molecule has 0 unspecified atom stereocenters. The lowest BCUT2D eigenvalue weighted by atomic mass is 9.96. The van der Waals surface area contributed by atoms with Crippen molar-refractivity contribution in [2.75, 3.05) is 0 Å². The number of thiophene rings is 1. The lowest BCUT2D eigenvalue weighted by Crippen LogP contribution is -2.27. The van der Waals surface area contributed by atoms with Crippen molar-refractivity contribution in [2.45, 2.75) is 39.5 Å². The van der Waals surface area contributed by atoms with Gasteiger partial charge < -0.3 is 15.2 Å². The van der Waals surface area contributed by atoms with Crippen LogP contribution in [0.4, 0.5) is 0 Å². The second-order valence-electron chi connectivity index (χ2n) is 8.95. The fourth-order valence-electron chi connectivity index (χ4n) is 4.01. The number of hydrogen-bond donors (Lipinski definition) is 4. The van der Waals surface area contributed by atoms with Gasteiger partial charge in [-0.2, -0.15) is 0 Å². The topological polar surface area (TPSA) is 89.2 Å². The number of nitrogens with one attached hydrogen (secondary N) is 3. The van der Waals surface area contributed by atoms with Crippen LogP contribution in [0.1, 0.15) is 50.7 Å². The van der Waals surface area contributed by atoms with Gasteiger partial charge in [-0.25, -0.2) is 0 Å². The molecular formula is C30H31N3O2S. The number of rotatable bonds is 8. The Morgan fingerprint density at radius 1 is 1.06 bits per heavy atom. The molecule has 0 aliphatic heterocycles. The zero-order valence-corrected chi connectivity index (χ0v) is 21.6. The molecule has 0 atom stereocenters. The van der Waals surface area contributed by atoms with Gasteiger partial charge in [-0.15, -0.1) is 11.3 Å². The standard InChI is InChI=1S/C30H31N3O2S/c1-4-7-27(31)33-28(32)17-12-20-10-14-22(15-11-20)35-29-25-16-13-21(34)18-26(25)36-30(29)24-9-6-5-8-23(24)19(2)3/h5-6,8-19,34H,4,7H2,1-3H3,(H3,31,32,33)/b17-12+. The zero-order chi connectivity index (χ0) is 25.7. The van der Waals surface area contributed by atoms with Crippen LogP contribution in [0.15, 0.2) is 72.8 Å². The van der Waals surface area contributed by atoms with Crippen LogP contribution in [-0.4, -0.2) is 16.8 Å². The predicted octanol–water partition coefficient (Wildman–Crippen LogP) is 8.55. The van der Waals surface area contributed by atoms with E-state index < -0.39 is 0 Å². The van der Waals surface area contributed by atoms with Crippen molar-refractivity contribution in [3.63, 3.8) is 0 Å². The van der Waals surface area contributed by atoms with Crippen LogP contribution in [0.2, 0.25) is 0 Å². The van der Waals surface area contributed by atoms with Gasteiger partial charge in [-0.1, -0.05) is 63.2 Å². The SMILES string of the molecule is CCCC(=N)NC(=N)/C=C/c1ccc(Oc2c(-c3ccccc3C(C)C)sc3cc(O)ccc23)cc1. The molecule has 3 aromatic carbocycles. The zero-order valence-electron chi connectivity index (χ0n) is 20.8. The smallest absolute Gasteiger partial charge is 0.153 e. The highest BCUT2D eigenvalue weighted by Crippen LogP contribution is 2.48. The molecule has 1 heterocycles. The van der Waals surface area contributed by atoms with Crippen LogP contribution >= 0.6 is 11.3 Å². The quantitative estimate of drug-likeness (QED) is 0.145. The first kappa shape index (κ1) is 25.2. The first-order chi connectivity index (χ1) is 17.4. The molecule has 0 saturated heterocycles. The van der Waals surface area contributed by atoms with E-state index in [0.717, 1.165) is 38.3 Å². The van der Waals surface area contributed by atoms with E-state index in [4.69, 9.17) is 15.6 Å². The lowest BCUT2D eigenvalue weighted by molar-refractivity contribution is 0.476. The van der Waals surface area contributed by atoms with Crippen molar-refractivity contribution < 1.29 is 9.84 Å². The van der Waals surface area contributed by atoms with Gasteiger partial charge in [0.05, 0.1) is 10.7 Å². The van der Waals surface area contributed by atoms with Gasteiger partial charge >= 0.3 is 0 Å². The van der Waals surface area contributed by atoms with E-state index in [1.54, 1.807) is 29.5 Å². The van der Waals surface area contributed by atoms with Crippen molar-refractivity contribution in [3.8, 4) is 27.7 Å². The summed E-state index contributed by atoms with van der Waals surface area (Å²) in [6, 6.07) is 21.5. The Morgan fingerprint density at radius 3 is 2.53 bits per heavy atom. The number of aromatic hydroxyl groups is 1. The summed E-state index contributed by atoms with van der Waals surface area (Å²) in [5.41, 5.74) is 3.32. The Hall–Kier alpha value is -3.90. The average molecular weight is 498 g/mol. The molecule has 4 N–H and O–H groups in total. The Kier molecular flexibility index (Phi) is 7.86. The maximum atomic E-state index is 10.1. The fraction of sp³-hybridized carbons (Fsp3) is 0.200.